The van der Waals surface area contributed by atoms with Crippen molar-refractivity contribution in [1.29, 1.82) is 0 Å². The van der Waals surface area contributed by atoms with E-state index in [0.717, 1.165) is 17.0 Å². The van der Waals surface area contributed by atoms with Crippen LogP contribution in [0.25, 0.3) is 0 Å². The van der Waals surface area contributed by atoms with E-state index in [1.165, 1.54) is 0 Å². The predicted octanol–water partition coefficient (Wildman–Crippen LogP) is 3.38. The fourth-order valence-corrected chi connectivity index (χ4v) is 3.72. The van der Waals surface area contributed by atoms with Gasteiger partial charge in [-0.1, -0.05) is 11.6 Å². The molecular weight excluding hydrogens is 350 g/mol. The van der Waals surface area contributed by atoms with Crippen LogP contribution >= 0.6 is 11.6 Å². The van der Waals surface area contributed by atoms with Crippen LogP contribution in [0.2, 0.25) is 5.02 Å². The molecule has 5 nitrogen and oxygen atoms in total. The molecule has 0 radical (unpaired) electrons. The zero-order chi connectivity index (χ0) is 17.8. The summed E-state index contributed by atoms with van der Waals surface area (Å²) < 4.78 is 49.3. The van der Waals surface area contributed by atoms with Gasteiger partial charge < -0.3 is 0 Å². The predicted molar refractivity (Wildman–Crippen MR) is 84.7 cm³/mol. The number of rotatable bonds is 6. The van der Waals surface area contributed by atoms with Gasteiger partial charge in [-0.3, -0.25) is 4.79 Å². The van der Waals surface area contributed by atoms with Gasteiger partial charge in [-0.15, -0.1) is 0 Å². The van der Waals surface area contributed by atoms with Crippen molar-refractivity contribution in [2.45, 2.75) is 50.5 Å². The molecule has 0 aliphatic rings. The van der Waals surface area contributed by atoms with Gasteiger partial charge in [-0.05, 0) is 46.1 Å². The van der Waals surface area contributed by atoms with E-state index in [9.17, 15) is 22.0 Å². The van der Waals surface area contributed by atoms with E-state index in [0.29, 0.717) is 6.42 Å². The van der Waals surface area contributed by atoms with Crippen molar-refractivity contribution >= 4 is 21.4 Å². The number of aromatic nitrogens is 2. The summed E-state index contributed by atoms with van der Waals surface area (Å²) >= 11 is 5.91. The molecule has 1 heterocycles. The quantitative estimate of drug-likeness (QED) is 0.722. The number of allylic oxidation sites excluding steroid dienone is 1. The van der Waals surface area contributed by atoms with Crippen molar-refractivity contribution in [2.24, 2.45) is 0 Å². The number of hydrogen-bond donors (Lipinski definition) is 0. The Morgan fingerprint density at radius 1 is 1.35 bits per heavy atom. The van der Waals surface area contributed by atoms with Crippen LogP contribution in [0.3, 0.4) is 0 Å². The Kier molecular flexibility index (Phi) is 6.47. The summed E-state index contributed by atoms with van der Waals surface area (Å²) in [6.07, 6.45) is 0.587. The Labute approximate surface area is 138 Å². The van der Waals surface area contributed by atoms with Crippen LogP contribution in [0.15, 0.2) is 28.0 Å². The molecule has 0 fully saturated rings. The average molecular weight is 369 g/mol. The highest BCUT2D eigenvalue weighted by Crippen LogP contribution is 2.21. The summed E-state index contributed by atoms with van der Waals surface area (Å²) in [5, 5.41) is 3.48. The Morgan fingerprint density at radius 2 is 1.96 bits per heavy atom. The van der Waals surface area contributed by atoms with Gasteiger partial charge in [0, 0.05) is 0 Å². The SMILES string of the molecule is CC(C)(C)n1ncc(S(=O)(=O)CCCCC=C(F)F)c(Cl)c1=O. The number of halogens is 3. The van der Waals surface area contributed by atoms with E-state index in [-0.39, 0.29) is 23.5 Å². The molecular formula is C14H19ClF2N2O3S. The van der Waals surface area contributed by atoms with Crippen molar-refractivity contribution in [1.82, 2.24) is 9.78 Å². The van der Waals surface area contributed by atoms with Crippen molar-refractivity contribution in [3.63, 3.8) is 0 Å². The first-order valence-electron chi connectivity index (χ1n) is 6.99. The lowest BCUT2D eigenvalue weighted by Gasteiger charge is -2.21. The maximum atomic E-state index is 12.2. The minimum absolute atomic E-state index is 0.0927. The summed E-state index contributed by atoms with van der Waals surface area (Å²) in [4.78, 5) is 11.8. The molecule has 0 N–H and O–H groups in total. The van der Waals surface area contributed by atoms with E-state index >= 15 is 0 Å². The Morgan fingerprint density at radius 3 is 2.48 bits per heavy atom. The summed E-state index contributed by atoms with van der Waals surface area (Å²) in [6.45, 7) is 5.22. The molecule has 0 spiro atoms. The summed E-state index contributed by atoms with van der Waals surface area (Å²) in [6, 6.07) is 0. The largest absolute Gasteiger partial charge is 0.287 e. The number of unbranched alkanes of at least 4 members (excludes halogenated alkanes) is 2. The van der Waals surface area contributed by atoms with Crippen LogP contribution in [0.5, 0.6) is 0 Å². The van der Waals surface area contributed by atoms with Crippen molar-refractivity contribution in [3.8, 4) is 0 Å². The summed E-state index contributed by atoms with van der Waals surface area (Å²) in [5.74, 6) is -0.283. The minimum atomic E-state index is -3.79. The van der Waals surface area contributed by atoms with Gasteiger partial charge in [0.25, 0.3) is 11.6 Å². The van der Waals surface area contributed by atoms with Gasteiger partial charge in [0.1, 0.15) is 9.92 Å². The molecule has 0 unspecified atom stereocenters. The molecule has 0 saturated carbocycles. The molecule has 130 valence electrons. The summed E-state index contributed by atoms with van der Waals surface area (Å²) in [7, 11) is -3.79. The van der Waals surface area contributed by atoms with Crippen LogP contribution in [-0.4, -0.2) is 24.0 Å². The van der Waals surface area contributed by atoms with E-state index in [2.05, 4.69) is 5.10 Å². The van der Waals surface area contributed by atoms with Gasteiger partial charge in [0.2, 0.25) is 0 Å². The summed E-state index contributed by atoms with van der Waals surface area (Å²) in [5.41, 5.74) is -1.31. The molecule has 0 aromatic carbocycles. The fourth-order valence-electron chi connectivity index (χ4n) is 1.87. The molecule has 0 aliphatic heterocycles. The van der Waals surface area contributed by atoms with Crippen LogP contribution < -0.4 is 5.56 Å². The van der Waals surface area contributed by atoms with Crippen LogP contribution in [-0.2, 0) is 15.4 Å². The topological polar surface area (TPSA) is 69.0 Å². The zero-order valence-corrected chi connectivity index (χ0v) is 14.7. The highest BCUT2D eigenvalue weighted by Gasteiger charge is 2.25. The molecule has 0 saturated heterocycles. The van der Waals surface area contributed by atoms with E-state index < -0.39 is 32.0 Å². The van der Waals surface area contributed by atoms with E-state index in [1.54, 1.807) is 20.8 Å². The molecule has 23 heavy (non-hydrogen) atoms. The average Bonchev–Trinajstić information content (AvgIpc) is 2.39. The standard InChI is InChI=1S/C14H19ClF2N2O3S/c1-14(2,3)19-13(20)12(15)10(9-18-19)23(21,22)8-6-4-5-7-11(16)17/h7,9H,4-6,8H2,1-3H3. The molecule has 0 aliphatic carbocycles. The number of hydrogen-bond acceptors (Lipinski definition) is 4. The van der Waals surface area contributed by atoms with Crippen LogP contribution in [0.4, 0.5) is 8.78 Å². The lowest BCUT2D eigenvalue weighted by molar-refractivity contribution is 0.336. The third-order valence-electron chi connectivity index (χ3n) is 3.02. The first-order valence-corrected chi connectivity index (χ1v) is 9.02. The van der Waals surface area contributed by atoms with Gasteiger partial charge >= 0.3 is 0 Å². The highest BCUT2D eigenvalue weighted by atomic mass is 35.5. The minimum Gasteiger partial charge on any atom is -0.266 e. The number of sulfone groups is 1. The molecule has 1 rings (SSSR count). The van der Waals surface area contributed by atoms with E-state index in [4.69, 9.17) is 11.6 Å². The lowest BCUT2D eigenvalue weighted by atomic mass is 10.1. The third-order valence-corrected chi connectivity index (χ3v) is 5.31. The first kappa shape index (κ1) is 19.8. The second-order valence-corrected chi connectivity index (χ2v) is 8.47. The van der Waals surface area contributed by atoms with Gasteiger partial charge in [-0.25, -0.2) is 13.1 Å². The van der Waals surface area contributed by atoms with Crippen LogP contribution in [0.1, 0.15) is 40.0 Å². The maximum absolute atomic E-state index is 12.2. The number of nitrogens with zero attached hydrogens (tertiary/aromatic N) is 2. The smallest absolute Gasteiger partial charge is 0.266 e. The highest BCUT2D eigenvalue weighted by molar-refractivity contribution is 7.91. The van der Waals surface area contributed by atoms with Crippen molar-refractivity contribution in [3.05, 3.63) is 33.7 Å². The molecule has 1 aromatic rings. The van der Waals surface area contributed by atoms with Crippen molar-refractivity contribution in [2.75, 3.05) is 5.75 Å². The maximum Gasteiger partial charge on any atom is 0.287 e. The van der Waals surface area contributed by atoms with Crippen LogP contribution in [0, 0.1) is 0 Å². The Bertz CT molecular complexity index is 748. The Balaban J connectivity index is 2.96. The molecule has 9 heteroatoms. The van der Waals surface area contributed by atoms with E-state index in [1.807, 2.05) is 0 Å². The van der Waals surface area contributed by atoms with Gasteiger partial charge in [-0.2, -0.15) is 13.9 Å². The van der Waals surface area contributed by atoms with Crippen molar-refractivity contribution < 1.29 is 17.2 Å². The second-order valence-electron chi connectivity index (χ2n) is 6.02. The molecule has 0 atom stereocenters. The third kappa shape index (κ3) is 5.39. The normalized spacial score (nSPS) is 12.3. The Hall–Kier alpha value is -1.28. The molecule has 1 aromatic heterocycles. The lowest BCUT2D eigenvalue weighted by Crippen LogP contribution is -2.37. The zero-order valence-electron chi connectivity index (χ0n) is 13.1. The fraction of sp³-hybridized carbons (Fsp3) is 0.571. The first-order chi connectivity index (χ1) is 10.5. The van der Waals surface area contributed by atoms with Gasteiger partial charge in [0.15, 0.2) is 9.84 Å². The van der Waals surface area contributed by atoms with Gasteiger partial charge in [0.05, 0.1) is 17.5 Å². The monoisotopic (exact) mass is 368 g/mol. The molecule has 0 bridgehead atoms. The second kappa shape index (κ2) is 7.53. The molecule has 0 amide bonds.